The average Bonchev–Trinajstić information content (AvgIpc) is 2.62. The average molecular weight is 229 g/mol. The number of carboxylic acids is 1. The predicted molar refractivity (Wildman–Crippen MR) is 58.1 cm³/mol. The lowest BCUT2D eigenvalue weighted by Gasteiger charge is -2.17. The van der Waals surface area contributed by atoms with Gasteiger partial charge in [0, 0.05) is 6.04 Å². The van der Waals surface area contributed by atoms with Gasteiger partial charge in [-0.05, 0) is 18.8 Å². The van der Waals surface area contributed by atoms with Crippen molar-refractivity contribution in [2.45, 2.75) is 39.2 Å². The Morgan fingerprint density at radius 3 is 2.69 bits per heavy atom. The standard InChI is InChI=1S/C11H19NO4/c1-7(2)6-16-11(15)12-9-5-3-4-8(9)10(13)14/h7-9H,3-6H2,1-2H3,(H,12,15)(H,13,14). The van der Waals surface area contributed by atoms with E-state index in [-0.39, 0.29) is 12.0 Å². The molecule has 2 N–H and O–H groups in total. The van der Waals surface area contributed by atoms with Gasteiger partial charge in [0.15, 0.2) is 0 Å². The number of carboxylic acid groups (broad SMARTS) is 1. The Morgan fingerprint density at radius 1 is 1.44 bits per heavy atom. The number of hydrogen-bond donors (Lipinski definition) is 2. The highest BCUT2D eigenvalue weighted by Crippen LogP contribution is 2.25. The molecule has 0 bridgehead atoms. The van der Waals surface area contributed by atoms with Crippen LogP contribution in [-0.2, 0) is 9.53 Å². The first kappa shape index (κ1) is 12.8. The Morgan fingerprint density at radius 2 is 2.12 bits per heavy atom. The zero-order valence-electron chi connectivity index (χ0n) is 9.73. The zero-order chi connectivity index (χ0) is 12.1. The summed E-state index contributed by atoms with van der Waals surface area (Å²) in [7, 11) is 0. The molecule has 2 unspecified atom stereocenters. The number of hydrogen-bond acceptors (Lipinski definition) is 3. The van der Waals surface area contributed by atoms with Crippen molar-refractivity contribution in [2.24, 2.45) is 11.8 Å². The highest BCUT2D eigenvalue weighted by molar-refractivity contribution is 5.74. The minimum Gasteiger partial charge on any atom is -0.481 e. The van der Waals surface area contributed by atoms with Crippen molar-refractivity contribution >= 4 is 12.1 Å². The summed E-state index contributed by atoms with van der Waals surface area (Å²) >= 11 is 0. The number of aliphatic carboxylic acids is 1. The highest BCUT2D eigenvalue weighted by atomic mass is 16.5. The molecule has 1 fully saturated rings. The van der Waals surface area contributed by atoms with Crippen molar-refractivity contribution < 1.29 is 19.4 Å². The van der Waals surface area contributed by atoms with E-state index in [1.54, 1.807) is 0 Å². The summed E-state index contributed by atoms with van der Waals surface area (Å²) in [5, 5.41) is 11.5. The van der Waals surface area contributed by atoms with Crippen LogP contribution >= 0.6 is 0 Å². The maximum absolute atomic E-state index is 11.3. The molecule has 0 heterocycles. The first-order valence-corrected chi connectivity index (χ1v) is 5.66. The van der Waals surface area contributed by atoms with E-state index >= 15 is 0 Å². The van der Waals surface area contributed by atoms with Crippen LogP contribution in [0.15, 0.2) is 0 Å². The highest BCUT2D eigenvalue weighted by Gasteiger charge is 2.34. The van der Waals surface area contributed by atoms with E-state index in [1.807, 2.05) is 13.8 Å². The Labute approximate surface area is 95.2 Å². The molecular formula is C11H19NO4. The van der Waals surface area contributed by atoms with Crippen molar-refractivity contribution in [3.63, 3.8) is 0 Å². The fourth-order valence-electron chi connectivity index (χ4n) is 1.86. The molecule has 0 radical (unpaired) electrons. The summed E-state index contributed by atoms with van der Waals surface area (Å²) in [5.41, 5.74) is 0. The smallest absolute Gasteiger partial charge is 0.407 e. The van der Waals surface area contributed by atoms with Crippen LogP contribution in [0.2, 0.25) is 0 Å². The number of rotatable bonds is 4. The van der Waals surface area contributed by atoms with Crippen LogP contribution < -0.4 is 5.32 Å². The van der Waals surface area contributed by atoms with Gasteiger partial charge in [0.2, 0.25) is 0 Å². The minimum absolute atomic E-state index is 0.280. The number of nitrogens with one attached hydrogen (secondary N) is 1. The molecule has 92 valence electrons. The second kappa shape index (κ2) is 5.72. The van der Waals surface area contributed by atoms with Crippen molar-refractivity contribution in [3.8, 4) is 0 Å². The van der Waals surface area contributed by atoms with Crippen molar-refractivity contribution in [1.29, 1.82) is 0 Å². The van der Waals surface area contributed by atoms with Crippen molar-refractivity contribution in [1.82, 2.24) is 5.32 Å². The van der Waals surface area contributed by atoms with Crippen LogP contribution in [0, 0.1) is 11.8 Å². The van der Waals surface area contributed by atoms with Gasteiger partial charge in [-0.2, -0.15) is 0 Å². The molecule has 5 heteroatoms. The molecule has 0 aromatic carbocycles. The summed E-state index contributed by atoms with van der Waals surface area (Å²) in [6.45, 7) is 4.25. The molecule has 0 aromatic heterocycles. The Balaban J connectivity index is 2.35. The van der Waals surface area contributed by atoms with E-state index in [0.29, 0.717) is 19.4 Å². The van der Waals surface area contributed by atoms with E-state index in [0.717, 1.165) is 6.42 Å². The van der Waals surface area contributed by atoms with Crippen LogP contribution in [0.1, 0.15) is 33.1 Å². The van der Waals surface area contributed by atoms with Gasteiger partial charge in [-0.1, -0.05) is 20.3 Å². The quantitative estimate of drug-likeness (QED) is 0.768. The molecule has 2 atom stereocenters. The first-order chi connectivity index (χ1) is 7.50. The van der Waals surface area contributed by atoms with Gasteiger partial charge in [0.25, 0.3) is 0 Å². The van der Waals surface area contributed by atoms with Crippen LogP contribution in [0.25, 0.3) is 0 Å². The third-order valence-corrected chi connectivity index (χ3v) is 2.68. The first-order valence-electron chi connectivity index (χ1n) is 5.66. The number of alkyl carbamates (subject to hydrolysis) is 1. The SMILES string of the molecule is CC(C)COC(=O)NC1CCCC1C(=O)O. The van der Waals surface area contributed by atoms with Gasteiger partial charge >= 0.3 is 12.1 Å². The van der Waals surface area contributed by atoms with Gasteiger partial charge in [0.1, 0.15) is 0 Å². The topological polar surface area (TPSA) is 75.6 Å². The van der Waals surface area contributed by atoms with Gasteiger partial charge in [-0.3, -0.25) is 4.79 Å². The van der Waals surface area contributed by atoms with Crippen LogP contribution in [0.5, 0.6) is 0 Å². The Hall–Kier alpha value is -1.26. The Kier molecular flexibility index (Phi) is 4.58. The molecule has 1 aliphatic carbocycles. The number of carbonyl (C=O) groups excluding carboxylic acids is 1. The monoisotopic (exact) mass is 229 g/mol. The van der Waals surface area contributed by atoms with Crippen molar-refractivity contribution in [3.05, 3.63) is 0 Å². The predicted octanol–water partition coefficient (Wildman–Crippen LogP) is 1.62. The van der Waals surface area contributed by atoms with Crippen LogP contribution in [0.3, 0.4) is 0 Å². The molecule has 1 saturated carbocycles. The molecule has 1 amide bonds. The minimum atomic E-state index is -0.841. The summed E-state index contributed by atoms with van der Waals surface area (Å²) in [4.78, 5) is 22.2. The summed E-state index contributed by atoms with van der Waals surface area (Å²) in [6.07, 6.45) is 1.68. The molecular weight excluding hydrogens is 210 g/mol. The lowest BCUT2D eigenvalue weighted by molar-refractivity contribution is -0.142. The fraction of sp³-hybridized carbons (Fsp3) is 0.818. The van der Waals surface area contributed by atoms with E-state index in [2.05, 4.69) is 5.32 Å². The maximum Gasteiger partial charge on any atom is 0.407 e. The number of ether oxygens (including phenoxy) is 1. The van der Waals surface area contributed by atoms with Gasteiger partial charge in [-0.15, -0.1) is 0 Å². The molecule has 16 heavy (non-hydrogen) atoms. The molecule has 1 aliphatic rings. The number of carbonyl (C=O) groups is 2. The lowest BCUT2D eigenvalue weighted by Crippen LogP contribution is -2.40. The molecule has 0 spiro atoms. The summed E-state index contributed by atoms with van der Waals surface area (Å²) in [6, 6.07) is -0.280. The molecule has 0 saturated heterocycles. The third-order valence-electron chi connectivity index (χ3n) is 2.68. The van der Waals surface area contributed by atoms with Crippen LogP contribution in [0.4, 0.5) is 4.79 Å². The summed E-state index contributed by atoms with van der Waals surface area (Å²) in [5.74, 6) is -1.03. The normalized spacial score (nSPS) is 24.4. The second-order valence-electron chi connectivity index (χ2n) is 4.62. The van der Waals surface area contributed by atoms with E-state index in [1.165, 1.54) is 0 Å². The van der Waals surface area contributed by atoms with Gasteiger partial charge in [-0.25, -0.2) is 4.79 Å². The zero-order valence-corrected chi connectivity index (χ0v) is 9.73. The molecule has 0 aromatic rings. The molecule has 1 rings (SSSR count). The second-order valence-corrected chi connectivity index (χ2v) is 4.62. The van der Waals surface area contributed by atoms with E-state index in [9.17, 15) is 9.59 Å². The van der Waals surface area contributed by atoms with Crippen molar-refractivity contribution in [2.75, 3.05) is 6.61 Å². The number of amides is 1. The Bertz CT molecular complexity index is 265. The molecule has 5 nitrogen and oxygen atoms in total. The van der Waals surface area contributed by atoms with E-state index < -0.39 is 18.0 Å². The fourth-order valence-corrected chi connectivity index (χ4v) is 1.86. The lowest BCUT2D eigenvalue weighted by atomic mass is 10.0. The van der Waals surface area contributed by atoms with E-state index in [4.69, 9.17) is 9.84 Å². The van der Waals surface area contributed by atoms with Crippen LogP contribution in [-0.4, -0.2) is 29.8 Å². The summed E-state index contributed by atoms with van der Waals surface area (Å²) < 4.78 is 4.95. The van der Waals surface area contributed by atoms with Gasteiger partial charge < -0.3 is 15.2 Å². The largest absolute Gasteiger partial charge is 0.481 e. The molecule has 0 aliphatic heterocycles. The maximum atomic E-state index is 11.3. The van der Waals surface area contributed by atoms with Gasteiger partial charge in [0.05, 0.1) is 12.5 Å². The third kappa shape index (κ3) is 3.72.